The Kier molecular flexibility index (Phi) is 4.45. The Balaban J connectivity index is 1.98. The zero-order valence-corrected chi connectivity index (χ0v) is 11.0. The molecule has 0 amide bonds. The summed E-state index contributed by atoms with van der Waals surface area (Å²) in [6.07, 6.45) is 11.3. The predicted molar refractivity (Wildman–Crippen MR) is 70.6 cm³/mol. The van der Waals surface area contributed by atoms with Gasteiger partial charge in [0.1, 0.15) is 0 Å². The molecule has 0 heterocycles. The molecule has 0 aromatic heterocycles. The number of allylic oxidation sites excluding steroid dienone is 1. The Bertz CT molecular complexity index is 242. The van der Waals surface area contributed by atoms with Gasteiger partial charge < -0.3 is 5.32 Å². The molecule has 0 saturated heterocycles. The van der Waals surface area contributed by atoms with Crippen LogP contribution < -0.4 is 5.32 Å². The summed E-state index contributed by atoms with van der Waals surface area (Å²) in [5.74, 6) is 0.924. The number of rotatable bonds is 5. The van der Waals surface area contributed by atoms with Crippen molar-refractivity contribution in [3.05, 3.63) is 11.1 Å². The lowest BCUT2D eigenvalue weighted by molar-refractivity contribution is 0.292. The monoisotopic (exact) mass is 221 g/mol. The average molecular weight is 221 g/mol. The van der Waals surface area contributed by atoms with E-state index in [9.17, 15) is 0 Å². The van der Waals surface area contributed by atoms with Crippen molar-refractivity contribution in [1.29, 1.82) is 0 Å². The largest absolute Gasteiger partial charge is 0.310 e. The molecule has 0 aromatic carbocycles. The van der Waals surface area contributed by atoms with Crippen LogP contribution in [0.25, 0.3) is 0 Å². The van der Waals surface area contributed by atoms with Gasteiger partial charge in [-0.1, -0.05) is 37.3 Å². The summed E-state index contributed by atoms with van der Waals surface area (Å²) >= 11 is 0. The highest BCUT2D eigenvalue weighted by molar-refractivity contribution is 5.28. The van der Waals surface area contributed by atoms with Crippen LogP contribution in [0.15, 0.2) is 11.1 Å². The van der Waals surface area contributed by atoms with E-state index in [4.69, 9.17) is 0 Å². The first-order valence-corrected chi connectivity index (χ1v) is 7.24. The average Bonchev–Trinajstić information content (AvgIpc) is 3.14. The maximum Gasteiger partial charge on any atom is 0.0307 e. The van der Waals surface area contributed by atoms with Crippen molar-refractivity contribution in [1.82, 2.24) is 5.32 Å². The summed E-state index contributed by atoms with van der Waals surface area (Å²) in [5.41, 5.74) is 3.44. The van der Waals surface area contributed by atoms with Crippen LogP contribution in [0.5, 0.6) is 0 Å². The van der Waals surface area contributed by atoms with E-state index in [2.05, 4.69) is 19.2 Å². The number of hydrogen-bond acceptors (Lipinski definition) is 1. The van der Waals surface area contributed by atoms with E-state index in [1.807, 2.05) is 0 Å². The van der Waals surface area contributed by atoms with Crippen LogP contribution in [-0.4, -0.2) is 12.6 Å². The normalized spacial score (nSPS) is 23.2. The number of hydrogen-bond donors (Lipinski definition) is 1. The predicted octanol–water partition coefficient (Wildman–Crippen LogP) is 4.05. The van der Waals surface area contributed by atoms with Gasteiger partial charge in [0, 0.05) is 6.04 Å². The van der Waals surface area contributed by atoms with Gasteiger partial charge in [-0.3, -0.25) is 0 Å². The summed E-state index contributed by atoms with van der Waals surface area (Å²) < 4.78 is 0. The van der Waals surface area contributed by atoms with Crippen molar-refractivity contribution in [2.24, 2.45) is 5.92 Å². The quantitative estimate of drug-likeness (QED) is 0.691. The first-order valence-electron chi connectivity index (χ1n) is 7.24. The van der Waals surface area contributed by atoms with Crippen LogP contribution in [0, 0.1) is 5.92 Å². The molecule has 2 fully saturated rings. The lowest BCUT2D eigenvalue weighted by Gasteiger charge is -2.32. The standard InChI is InChI=1S/C15H27N/c1-3-11-16-15(12(2)13-9-10-13)14-7-5-4-6-8-14/h14-16H,3-11H2,1-2H3. The minimum absolute atomic E-state index is 0.706. The Labute approximate surface area is 101 Å². The summed E-state index contributed by atoms with van der Waals surface area (Å²) in [6.45, 7) is 5.83. The van der Waals surface area contributed by atoms with Crippen molar-refractivity contribution >= 4 is 0 Å². The number of nitrogens with one attached hydrogen (secondary N) is 1. The van der Waals surface area contributed by atoms with Gasteiger partial charge in [0.15, 0.2) is 0 Å². The molecule has 0 aliphatic heterocycles. The minimum atomic E-state index is 0.706. The molecule has 1 unspecified atom stereocenters. The van der Waals surface area contributed by atoms with Crippen LogP contribution in [-0.2, 0) is 0 Å². The molecular weight excluding hydrogens is 194 g/mol. The fraction of sp³-hybridized carbons (Fsp3) is 0.867. The van der Waals surface area contributed by atoms with Gasteiger partial charge in [-0.25, -0.2) is 0 Å². The van der Waals surface area contributed by atoms with Gasteiger partial charge in [0.2, 0.25) is 0 Å². The topological polar surface area (TPSA) is 12.0 Å². The molecule has 2 saturated carbocycles. The molecule has 92 valence electrons. The van der Waals surface area contributed by atoms with Crippen molar-refractivity contribution in [2.45, 2.75) is 71.3 Å². The molecule has 0 radical (unpaired) electrons. The smallest absolute Gasteiger partial charge is 0.0307 e. The lowest BCUT2D eigenvalue weighted by atomic mass is 9.81. The van der Waals surface area contributed by atoms with Crippen LogP contribution in [0.3, 0.4) is 0 Å². The van der Waals surface area contributed by atoms with E-state index in [0.717, 1.165) is 5.92 Å². The van der Waals surface area contributed by atoms with Crippen LogP contribution in [0.1, 0.15) is 65.2 Å². The highest BCUT2D eigenvalue weighted by Gasteiger charge is 2.28. The SMILES string of the molecule is CCCNC(C(C)=C1CC1)C1CCCCC1. The van der Waals surface area contributed by atoms with E-state index in [0.29, 0.717) is 6.04 Å². The zero-order chi connectivity index (χ0) is 11.4. The maximum absolute atomic E-state index is 3.80. The lowest BCUT2D eigenvalue weighted by Crippen LogP contribution is -2.38. The molecule has 2 aliphatic rings. The Morgan fingerprint density at radius 2 is 1.94 bits per heavy atom. The Morgan fingerprint density at radius 3 is 2.50 bits per heavy atom. The molecule has 0 bridgehead atoms. The first-order chi connectivity index (χ1) is 7.83. The van der Waals surface area contributed by atoms with Gasteiger partial charge in [-0.05, 0) is 51.5 Å². The summed E-state index contributed by atoms with van der Waals surface area (Å²) in [7, 11) is 0. The molecular formula is C15H27N. The second-order valence-electron chi connectivity index (χ2n) is 5.62. The van der Waals surface area contributed by atoms with E-state index in [1.54, 1.807) is 11.1 Å². The van der Waals surface area contributed by atoms with E-state index < -0.39 is 0 Å². The van der Waals surface area contributed by atoms with E-state index in [-0.39, 0.29) is 0 Å². The van der Waals surface area contributed by atoms with Gasteiger partial charge in [0.05, 0.1) is 0 Å². The summed E-state index contributed by atoms with van der Waals surface area (Å²) in [4.78, 5) is 0. The molecule has 1 nitrogen and oxygen atoms in total. The minimum Gasteiger partial charge on any atom is -0.310 e. The fourth-order valence-corrected chi connectivity index (χ4v) is 3.12. The highest BCUT2D eigenvalue weighted by Crippen LogP contribution is 2.37. The first kappa shape index (κ1) is 12.2. The molecule has 0 spiro atoms. The third kappa shape index (κ3) is 3.10. The molecule has 1 atom stereocenters. The molecule has 2 rings (SSSR count). The zero-order valence-electron chi connectivity index (χ0n) is 11.0. The van der Waals surface area contributed by atoms with Gasteiger partial charge in [-0.15, -0.1) is 0 Å². The van der Waals surface area contributed by atoms with Crippen LogP contribution in [0.2, 0.25) is 0 Å². The van der Waals surface area contributed by atoms with Crippen molar-refractivity contribution in [3.63, 3.8) is 0 Å². The third-order valence-electron chi connectivity index (χ3n) is 4.26. The molecule has 1 N–H and O–H groups in total. The molecule has 0 aromatic rings. The molecule has 2 aliphatic carbocycles. The molecule has 16 heavy (non-hydrogen) atoms. The van der Waals surface area contributed by atoms with E-state index >= 15 is 0 Å². The fourth-order valence-electron chi connectivity index (χ4n) is 3.12. The van der Waals surface area contributed by atoms with E-state index in [1.165, 1.54) is 57.9 Å². The third-order valence-corrected chi connectivity index (χ3v) is 4.26. The van der Waals surface area contributed by atoms with Crippen molar-refractivity contribution in [3.8, 4) is 0 Å². The van der Waals surface area contributed by atoms with Gasteiger partial charge >= 0.3 is 0 Å². The summed E-state index contributed by atoms with van der Waals surface area (Å²) in [6, 6.07) is 0.706. The van der Waals surface area contributed by atoms with Crippen molar-refractivity contribution in [2.75, 3.05) is 6.54 Å². The van der Waals surface area contributed by atoms with Crippen LogP contribution in [0.4, 0.5) is 0 Å². The van der Waals surface area contributed by atoms with Crippen LogP contribution >= 0.6 is 0 Å². The van der Waals surface area contributed by atoms with Crippen molar-refractivity contribution < 1.29 is 0 Å². The Hall–Kier alpha value is -0.300. The van der Waals surface area contributed by atoms with Gasteiger partial charge in [-0.2, -0.15) is 0 Å². The maximum atomic E-state index is 3.80. The molecule has 1 heteroatoms. The second-order valence-corrected chi connectivity index (χ2v) is 5.62. The second kappa shape index (κ2) is 5.86. The highest BCUT2D eigenvalue weighted by atomic mass is 14.9. The van der Waals surface area contributed by atoms with Gasteiger partial charge in [0.25, 0.3) is 0 Å². The Morgan fingerprint density at radius 1 is 1.25 bits per heavy atom. The summed E-state index contributed by atoms with van der Waals surface area (Å²) in [5, 5.41) is 3.80.